The molecule has 6 nitrogen and oxygen atoms in total. The fourth-order valence-corrected chi connectivity index (χ4v) is 0.629. The van der Waals surface area contributed by atoms with E-state index in [-0.39, 0.29) is 19.8 Å². The molecule has 0 aliphatic rings. The topological polar surface area (TPSA) is 73.9 Å². The summed E-state index contributed by atoms with van der Waals surface area (Å²) in [4.78, 5) is 21.3. The third kappa shape index (κ3) is 7.20. The normalized spacial score (nSPS) is 9.00. The molecule has 0 aromatic rings. The molecule has 0 aliphatic carbocycles. The standard InChI is InChI=1S/C8H15NO5/c1-3-12-7(10)9-5-6-14-8(11)13-4-2/h3-6H2,1-2H3,(H,9,10). The first kappa shape index (κ1) is 12.5. The number of hydrogen-bond donors (Lipinski definition) is 1. The molecule has 0 bridgehead atoms. The van der Waals surface area contributed by atoms with E-state index in [0.29, 0.717) is 6.61 Å². The van der Waals surface area contributed by atoms with E-state index in [0.717, 1.165) is 0 Å². The van der Waals surface area contributed by atoms with Crippen molar-refractivity contribution in [2.45, 2.75) is 13.8 Å². The Kier molecular flexibility index (Phi) is 7.30. The van der Waals surface area contributed by atoms with Crippen molar-refractivity contribution >= 4 is 12.2 Å². The Morgan fingerprint density at radius 1 is 1.07 bits per heavy atom. The van der Waals surface area contributed by atoms with Crippen molar-refractivity contribution in [3.8, 4) is 0 Å². The van der Waals surface area contributed by atoms with Crippen LogP contribution in [0.15, 0.2) is 0 Å². The SMILES string of the molecule is CCOC(=O)NCCOC(=O)OCC. The summed E-state index contributed by atoms with van der Waals surface area (Å²) in [6.45, 7) is 4.23. The zero-order valence-electron chi connectivity index (χ0n) is 8.37. The molecule has 1 N–H and O–H groups in total. The molecule has 14 heavy (non-hydrogen) atoms. The van der Waals surface area contributed by atoms with Crippen molar-refractivity contribution < 1.29 is 23.8 Å². The number of carbonyl (C=O) groups excluding carboxylic acids is 2. The van der Waals surface area contributed by atoms with Gasteiger partial charge in [-0.25, -0.2) is 9.59 Å². The predicted molar refractivity (Wildman–Crippen MR) is 48.0 cm³/mol. The van der Waals surface area contributed by atoms with Crippen LogP contribution in [0.25, 0.3) is 0 Å². The third-order valence-corrected chi connectivity index (χ3v) is 1.13. The van der Waals surface area contributed by atoms with E-state index >= 15 is 0 Å². The fourth-order valence-electron chi connectivity index (χ4n) is 0.629. The Bertz CT molecular complexity index is 163. The third-order valence-electron chi connectivity index (χ3n) is 1.13. The Morgan fingerprint density at radius 3 is 2.29 bits per heavy atom. The van der Waals surface area contributed by atoms with Crippen LogP contribution in [0.4, 0.5) is 9.59 Å². The van der Waals surface area contributed by atoms with E-state index in [1.807, 2.05) is 0 Å². The Hall–Kier alpha value is -1.46. The largest absolute Gasteiger partial charge is 0.508 e. The van der Waals surface area contributed by atoms with Gasteiger partial charge in [0, 0.05) is 0 Å². The molecule has 0 aliphatic heterocycles. The lowest BCUT2D eigenvalue weighted by atomic mass is 10.7. The number of alkyl carbamates (subject to hydrolysis) is 1. The van der Waals surface area contributed by atoms with Gasteiger partial charge in [0.1, 0.15) is 6.61 Å². The van der Waals surface area contributed by atoms with Gasteiger partial charge in [0.05, 0.1) is 19.8 Å². The summed E-state index contributed by atoms with van der Waals surface area (Å²) in [6, 6.07) is 0. The van der Waals surface area contributed by atoms with Crippen LogP contribution in [-0.2, 0) is 14.2 Å². The van der Waals surface area contributed by atoms with E-state index in [9.17, 15) is 9.59 Å². The van der Waals surface area contributed by atoms with Crippen molar-refractivity contribution in [2.24, 2.45) is 0 Å². The van der Waals surface area contributed by atoms with E-state index in [2.05, 4.69) is 19.5 Å². The average molecular weight is 205 g/mol. The van der Waals surface area contributed by atoms with Gasteiger partial charge in [-0.1, -0.05) is 0 Å². The van der Waals surface area contributed by atoms with Crippen LogP contribution in [-0.4, -0.2) is 38.6 Å². The van der Waals surface area contributed by atoms with Gasteiger partial charge in [0.15, 0.2) is 0 Å². The Morgan fingerprint density at radius 2 is 1.71 bits per heavy atom. The van der Waals surface area contributed by atoms with Crippen molar-refractivity contribution in [3.63, 3.8) is 0 Å². The van der Waals surface area contributed by atoms with E-state index < -0.39 is 12.2 Å². The summed E-state index contributed by atoms with van der Waals surface area (Å²) in [5, 5.41) is 2.39. The summed E-state index contributed by atoms with van der Waals surface area (Å²) < 4.78 is 13.6. The lowest BCUT2D eigenvalue weighted by molar-refractivity contribution is 0.0591. The first-order valence-electron chi connectivity index (χ1n) is 4.40. The maximum absolute atomic E-state index is 10.7. The summed E-state index contributed by atoms with van der Waals surface area (Å²) in [6.07, 6.45) is -1.27. The molecule has 1 amide bonds. The van der Waals surface area contributed by atoms with Gasteiger partial charge in [-0.05, 0) is 13.8 Å². The molecular weight excluding hydrogens is 190 g/mol. The zero-order chi connectivity index (χ0) is 10.8. The molecule has 0 rings (SSSR count). The molecule has 82 valence electrons. The van der Waals surface area contributed by atoms with Gasteiger partial charge in [0.2, 0.25) is 0 Å². The second-order valence-electron chi connectivity index (χ2n) is 2.18. The molecule has 0 saturated heterocycles. The molecule has 0 saturated carbocycles. The van der Waals surface area contributed by atoms with Crippen LogP contribution >= 0.6 is 0 Å². The van der Waals surface area contributed by atoms with Gasteiger partial charge in [-0.3, -0.25) is 0 Å². The van der Waals surface area contributed by atoms with E-state index in [1.165, 1.54) is 0 Å². The van der Waals surface area contributed by atoms with Crippen LogP contribution < -0.4 is 5.32 Å². The number of hydrogen-bond acceptors (Lipinski definition) is 5. The van der Waals surface area contributed by atoms with Crippen LogP contribution in [0.1, 0.15) is 13.8 Å². The maximum atomic E-state index is 10.7. The highest BCUT2D eigenvalue weighted by molar-refractivity contribution is 5.67. The molecule has 0 aromatic carbocycles. The summed E-state index contributed by atoms with van der Waals surface area (Å²) in [5.41, 5.74) is 0. The molecular formula is C8H15NO5. The van der Waals surface area contributed by atoms with Crippen LogP contribution in [0.3, 0.4) is 0 Å². The number of ether oxygens (including phenoxy) is 3. The minimum Gasteiger partial charge on any atom is -0.450 e. The summed E-state index contributed by atoms with van der Waals surface area (Å²) in [7, 11) is 0. The summed E-state index contributed by atoms with van der Waals surface area (Å²) >= 11 is 0. The van der Waals surface area contributed by atoms with Crippen LogP contribution in [0.5, 0.6) is 0 Å². The smallest absolute Gasteiger partial charge is 0.450 e. The predicted octanol–water partition coefficient (Wildman–Crippen LogP) is 0.906. The zero-order valence-corrected chi connectivity index (χ0v) is 8.37. The molecule has 0 radical (unpaired) electrons. The van der Waals surface area contributed by atoms with Gasteiger partial charge >= 0.3 is 12.2 Å². The second kappa shape index (κ2) is 8.15. The number of amides is 1. The van der Waals surface area contributed by atoms with Crippen molar-refractivity contribution in [1.29, 1.82) is 0 Å². The highest BCUT2D eigenvalue weighted by atomic mass is 16.7. The van der Waals surface area contributed by atoms with Crippen molar-refractivity contribution in [2.75, 3.05) is 26.4 Å². The fraction of sp³-hybridized carbons (Fsp3) is 0.750. The molecule has 0 aromatic heterocycles. The maximum Gasteiger partial charge on any atom is 0.508 e. The van der Waals surface area contributed by atoms with Crippen molar-refractivity contribution in [1.82, 2.24) is 5.32 Å². The highest BCUT2D eigenvalue weighted by Gasteiger charge is 2.02. The van der Waals surface area contributed by atoms with E-state index in [4.69, 9.17) is 0 Å². The monoisotopic (exact) mass is 205 g/mol. The van der Waals surface area contributed by atoms with Crippen LogP contribution in [0, 0.1) is 0 Å². The van der Waals surface area contributed by atoms with E-state index in [1.54, 1.807) is 13.8 Å². The minimum absolute atomic E-state index is 0.0671. The van der Waals surface area contributed by atoms with Crippen molar-refractivity contribution in [3.05, 3.63) is 0 Å². The lowest BCUT2D eigenvalue weighted by Gasteiger charge is -2.05. The first-order chi connectivity index (χ1) is 6.70. The molecule has 0 atom stereocenters. The summed E-state index contributed by atoms with van der Waals surface area (Å²) in [5.74, 6) is 0. The van der Waals surface area contributed by atoms with Gasteiger partial charge in [-0.2, -0.15) is 0 Å². The molecule has 0 heterocycles. The number of nitrogens with one attached hydrogen (secondary N) is 1. The highest BCUT2D eigenvalue weighted by Crippen LogP contribution is 1.84. The van der Waals surface area contributed by atoms with Gasteiger partial charge in [-0.15, -0.1) is 0 Å². The number of carbonyl (C=O) groups is 2. The lowest BCUT2D eigenvalue weighted by Crippen LogP contribution is -2.28. The Labute approximate surface area is 82.5 Å². The molecule has 0 unspecified atom stereocenters. The quantitative estimate of drug-likeness (QED) is 0.533. The van der Waals surface area contributed by atoms with Crippen LogP contribution in [0.2, 0.25) is 0 Å². The van der Waals surface area contributed by atoms with Gasteiger partial charge < -0.3 is 19.5 Å². The second-order valence-corrected chi connectivity index (χ2v) is 2.18. The Balaban J connectivity index is 3.28. The average Bonchev–Trinajstić information content (AvgIpc) is 2.13. The molecule has 0 fully saturated rings. The molecule has 6 heteroatoms. The molecule has 0 spiro atoms. The first-order valence-corrected chi connectivity index (χ1v) is 4.40. The number of rotatable bonds is 5. The van der Waals surface area contributed by atoms with Gasteiger partial charge in [0.25, 0.3) is 0 Å². The minimum atomic E-state index is -0.738.